The molecule has 0 aliphatic carbocycles. The molecule has 0 saturated heterocycles. The molecule has 170 valence electrons. The Morgan fingerprint density at radius 2 is 1.94 bits per heavy atom. The van der Waals surface area contributed by atoms with Gasteiger partial charge in [-0.1, -0.05) is 41.6 Å². The number of rotatable bonds is 11. The molecule has 2 aromatic rings. The highest BCUT2D eigenvalue weighted by molar-refractivity contribution is 7.89. The lowest BCUT2D eigenvalue weighted by atomic mass is 10.1. The molecule has 0 heterocycles. The number of aliphatic carboxylic acids is 1. The Bertz CT molecular complexity index is 1120. The number of oxime groups is 1. The molecule has 12 heteroatoms. The van der Waals surface area contributed by atoms with Crippen LogP contribution in [0.5, 0.6) is 0 Å². The van der Waals surface area contributed by atoms with Gasteiger partial charge in [-0.05, 0) is 30.2 Å². The molecular weight excluding hydrogens is 438 g/mol. The van der Waals surface area contributed by atoms with Crippen molar-refractivity contribution in [2.75, 3.05) is 13.2 Å². The van der Waals surface area contributed by atoms with Crippen LogP contribution in [0, 0.1) is 12.3 Å². The Kier molecular flexibility index (Phi) is 8.44. The number of hydrogen-bond donors (Lipinski definition) is 5. The van der Waals surface area contributed by atoms with E-state index >= 15 is 0 Å². The number of amides is 1. The van der Waals surface area contributed by atoms with E-state index in [2.05, 4.69) is 15.2 Å². The van der Waals surface area contributed by atoms with Gasteiger partial charge in [0.2, 0.25) is 10.0 Å². The van der Waals surface area contributed by atoms with Crippen LogP contribution in [0.25, 0.3) is 0 Å². The third-order valence-corrected chi connectivity index (χ3v) is 5.56. The van der Waals surface area contributed by atoms with Gasteiger partial charge in [-0.15, -0.1) is 0 Å². The smallest absolute Gasteiger partial charge is 0.323 e. The van der Waals surface area contributed by atoms with Crippen molar-refractivity contribution in [2.24, 2.45) is 10.9 Å². The Balaban J connectivity index is 1.85. The van der Waals surface area contributed by atoms with Gasteiger partial charge in [0.1, 0.15) is 11.9 Å². The van der Waals surface area contributed by atoms with Crippen LogP contribution in [0.1, 0.15) is 16.7 Å². The van der Waals surface area contributed by atoms with E-state index in [0.29, 0.717) is 16.7 Å². The Hall–Kier alpha value is -3.77. The van der Waals surface area contributed by atoms with Gasteiger partial charge >= 0.3 is 5.97 Å². The zero-order valence-electron chi connectivity index (χ0n) is 17.1. The van der Waals surface area contributed by atoms with Crippen molar-refractivity contribution in [1.82, 2.24) is 10.0 Å². The van der Waals surface area contributed by atoms with Gasteiger partial charge in [0.05, 0.1) is 11.1 Å². The number of sulfonamides is 1. The largest absolute Gasteiger partial charge is 0.480 e. The third kappa shape index (κ3) is 7.49. The summed E-state index contributed by atoms with van der Waals surface area (Å²) in [6.07, 6.45) is 1.34. The zero-order valence-corrected chi connectivity index (χ0v) is 17.9. The number of aryl methyl sites for hydroxylation is 1. The fourth-order valence-corrected chi connectivity index (χ4v) is 3.72. The minimum Gasteiger partial charge on any atom is -0.480 e. The topological polar surface area (TPSA) is 184 Å². The van der Waals surface area contributed by atoms with Gasteiger partial charge in [-0.25, -0.2) is 8.42 Å². The van der Waals surface area contributed by atoms with Crippen LogP contribution in [0.15, 0.2) is 58.6 Å². The van der Waals surface area contributed by atoms with Crippen molar-refractivity contribution < 1.29 is 28.0 Å². The maximum atomic E-state index is 12.4. The number of benzene rings is 2. The predicted molar refractivity (Wildman–Crippen MR) is 117 cm³/mol. The number of nitrogens with zero attached hydrogens (tertiary/aromatic N) is 1. The van der Waals surface area contributed by atoms with Gasteiger partial charge < -0.3 is 21.0 Å². The van der Waals surface area contributed by atoms with Crippen LogP contribution in [0.4, 0.5) is 0 Å². The van der Waals surface area contributed by atoms with Gasteiger partial charge in [0.15, 0.2) is 6.61 Å². The van der Waals surface area contributed by atoms with E-state index in [0.717, 1.165) is 0 Å². The van der Waals surface area contributed by atoms with Crippen LogP contribution in [-0.4, -0.2) is 56.6 Å². The van der Waals surface area contributed by atoms with Gasteiger partial charge in [0.25, 0.3) is 5.91 Å². The van der Waals surface area contributed by atoms with Gasteiger partial charge in [-0.2, -0.15) is 4.72 Å². The molecule has 1 atom stereocenters. The molecule has 0 aliphatic heterocycles. The first kappa shape index (κ1) is 24.5. The van der Waals surface area contributed by atoms with Crippen LogP contribution in [0.2, 0.25) is 0 Å². The van der Waals surface area contributed by atoms with Crippen molar-refractivity contribution in [2.45, 2.75) is 17.9 Å². The summed E-state index contributed by atoms with van der Waals surface area (Å²) in [6.45, 7) is 0.718. The number of amidine groups is 1. The molecule has 32 heavy (non-hydrogen) atoms. The summed E-state index contributed by atoms with van der Waals surface area (Å²) < 4.78 is 26.9. The fourth-order valence-electron chi connectivity index (χ4n) is 2.43. The van der Waals surface area contributed by atoms with Crippen LogP contribution >= 0.6 is 0 Å². The molecule has 0 fully saturated rings. The van der Waals surface area contributed by atoms with Crippen molar-refractivity contribution >= 4 is 33.9 Å². The molecule has 2 aromatic carbocycles. The first-order valence-electron chi connectivity index (χ1n) is 9.27. The molecule has 6 N–H and O–H groups in total. The van der Waals surface area contributed by atoms with E-state index in [1.807, 2.05) is 0 Å². The molecule has 1 amide bonds. The van der Waals surface area contributed by atoms with Crippen molar-refractivity contribution in [3.63, 3.8) is 0 Å². The average Bonchev–Trinajstić information content (AvgIpc) is 2.74. The number of nitrogen functional groups attached to an aromatic ring is 1. The predicted octanol–water partition coefficient (Wildman–Crippen LogP) is 0.177. The Morgan fingerprint density at radius 3 is 2.53 bits per heavy atom. The zero-order chi connectivity index (χ0) is 23.7. The molecule has 11 nitrogen and oxygen atoms in total. The molecule has 0 radical (unpaired) electrons. The van der Waals surface area contributed by atoms with E-state index < -0.39 is 41.1 Å². The number of carboxylic acid groups (broad SMARTS) is 1. The number of nitrogens with one attached hydrogen (secondary N) is 3. The van der Waals surface area contributed by atoms with Gasteiger partial charge in [0, 0.05) is 12.1 Å². The standard InChI is InChI=1S/C20H23N5O6S/c1-13-3-2-4-16(9-13)32(29,30)25-17(20(27)28)11-23-18(26)12-31-24-10-14-5-7-15(8-6-14)19(21)22/h2-10,17,25H,11-12H2,1H3,(H3,21,22)(H,23,26)(H,27,28)/b24-10+. The minimum atomic E-state index is -4.09. The van der Waals surface area contributed by atoms with E-state index in [1.54, 1.807) is 37.3 Å². The first-order chi connectivity index (χ1) is 15.1. The van der Waals surface area contributed by atoms with Crippen LogP contribution in [-0.2, 0) is 24.4 Å². The number of hydrogen-bond acceptors (Lipinski definition) is 7. The lowest BCUT2D eigenvalue weighted by molar-refractivity contribution is -0.139. The summed E-state index contributed by atoms with van der Waals surface area (Å²) >= 11 is 0. The Labute approximate surface area is 184 Å². The van der Waals surface area contributed by atoms with E-state index in [1.165, 1.54) is 24.4 Å². The quantitative estimate of drug-likeness (QED) is 0.179. The molecule has 0 saturated carbocycles. The second-order valence-electron chi connectivity index (χ2n) is 6.68. The lowest BCUT2D eigenvalue weighted by Gasteiger charge is -2.15. The second kappa shape index (κ2) is 11.0. The number of carbonyl (C=O) groups excluding carboxylic acids is 1. The SMILES string of the molecule is Cc1cccc(S(=O)(=O)NC(CNC(=O)CO/N=C/c2ccc(C(=N)N)cc2)C(=O)O)c1. The second-order valence-corrected chi connectivity index (χ2v) is 8.39. The highest BCUT2D eigenvalue weighted by Crippen LogP contribution is 2.11. The maximum Gasteiger partial charge on any atom is 0.323 e. The fraction of sp³-hybridized carbons (Fsp3) is 0.200. The average molecular weight is 462 g/mol. The van der Waals surface area contributed by atoms with Crippen molar-refractivity contribution in [1.29, 1.82) is 5.41 Å². The first-order valence-corrected chi connectivity index (χ1v) is 10.7. The molecule has 2 rings (SSSR count). The number of carboxylic acids is 1. The van der Waals surface area contributed by atoms with Crippen molar-refractivity contribution in [3.05, 3.63) is 65.2 Å². The van der Waals surface area contributed by atoms with E-state index in [-0.39, 0.29) is 10.7 Å². The third-order valence-electron chi connectivity index (χ3n) is 4.09. The molecule has 0 bridgehead atoms. The molecule has 1 unspecified atom stereocenters. The van der Waals surface area contributed by atoms with Crippen molar-refractivity contribution in [3.8, 4) is 0 Å². The minimum absolute atomic E-state index is 0.0674. The summed E-state index contributed by atoms with van der Waals surface area (Å²) in [5, 5.41) is 22.5. The van der Waals surface area contributed by atoms with Gasteiger partial charge in [-0.3, -0.25) is 15.0 Å². The summed E-state index contributed by atoms with van der Waals surface area (Å²) in [6, 6.07) is 11.0. The summed E-state index contributed by atoms with van der Waals surface area (Å²) in [5.41, 5.74) is 7.25. The summed E-state index contributed by atoms with van der Waals surface area (Å²) in [4.78, 5) is 28.1. The van der Waals surface area contributed by atoms with Crippen LogP contribution in [0.3, 0.4) is 0 Å². The lowest BCUT2D eigenvalue weighted by Crippen LogP contribution is -2.48. The highest BCUT2D eigenvalue weighted by Gasteiger charge is 2.26. The van der Waals surface area contributed by atoms with E-state index in [4.69, 9.17) is 16.0 Å². The number of nitrogens with two attached hydrogens (primary N) is 1. The molecule has 0 aromatic heterocycles. The molecular formula is C20H23N5O6S. The maximum absolute atomic E-state index is 12.4. The number of carbonyl (C=O) groups is 2. The Morgan fingerprint density at radius 1 is 1.25 bits per heavy atom. The molecule has 0 aliphatic rings. The normalized spacial score (nSPS) is 12.3. The highest BCUT2D eigenvalue weighted by atomic mass is 32.2. The summed E-state index contributed by atoms with van der Waals surface area (Å²) in [5.74, 6) is -2.20. The van der Waals surface area contributed by atoms with Crippen LogP contribution < -0.4 is 15.8 Å². The summed E-state index contributed by atoms with van der Waals surface area (Å²) in [7, 11) is -4.09. The molecule has 0 spiro atoms. The van der Waals surface area contributed by atoms with E-state index in [9.17, 15) is 23.1 Å². The monoisotopic (exact) mass is 461 g/mol.